The molecular formula is C47H64F2N4O3S. The van der Waals surface area contributed by atoms with E-state index in [0.717, 1.165) is 68.9 Å². The van der Waals surface area contributed by atoms with Gasteiger partial charge in [0.1, 0.15) is 24.2 Å². The van der Waals surface area contributed by atoms with Crippen molar-refractivity contribution in [1.29, 1.82) is 5.26 Å². The molecule has 7 nitrogen and oxygen atoms in total. The molecule has 2 aromatic rings. The molecule has 310 valence electrons. The van der Waals surface area contributed by atoms with Gasteiger partial charge in [-0.25, -0.2) is 13.8 Å². The second kappa shape index (κ2) is 20.2. The van der Waals surface area contributed by atoms with Gasteiger partial charge in [-0.2, -0.15) is 5.26 Å². The third-order valence-corrected chi connectivity index (χ3v) is 13.1. The van der Waals surface area contributed by atoms with Crippen LogP contribution in [0.5, 0.6) is 0 Å². The first kappa shape index (κ1) is 45.8. The third kappa shape index (κ3) is 10.4. The van der Waals surface area contributed by atoms with Gasteiger partial charge in [-0.05, 0) is 107 Å². The lowest BCUT2D eigenvalue weighted by atomic mass is 9.89. The topological polar surface area (TPSA) is 78.2 Å². The average Bonchev–Trinajstić information content (AvgIpc) is 3.85. The van der Waals surface area contributed by atoms with Crippen molar-refractivity contribution in [1.82, 2.24) is 9.80 Å². The molecule has 2 aliphatic heterocycles. The summed E-state index contributed by atoms with van der Waals surface area (Å²) in [6.07, 6.45) is 10.2. The molecule has 10 heteroatoms. The van der Waals surface area contributed by atoms with Crippen LogP contribution in [0.25, 0.3) is 15.7 Å². The largest absolute Gasteiger partial charge is 0.476 e. The van der Waals surface area contributed by atoms with Crippen LogP contribution in [0, 0.1) is 34.9 Å². The minimum Gasteiger partial charge on any atom is -0.476 e. The van der Waals surface area contributed by atoms with Gasteiger partial charge < -0.3 is 14.4 Å². The van der Waals surface area contributed by atoms with Crippen molar-refractivity contribution in [2.75, 3.05) is 40.0 Å². The van der Waals surface area contributed by atoms with Crippen LogP contribution in [-0.2, 0) is 14.3 Å². The number of nitrogens with zero attached hydrogens (tertiary/aromatic N) is 4. The minimum atomic E-state index is -0.545. The molecule has 2 saturated heterocycles. The molecule has 5 rings (SSSR count). The van der Waals surface area contributed by atoms with E-state index >= 15 is 8.78 Å². The highest BCUT2D eigenvalue weighted by Crippen LogP contribution is 2.44. The molecule has 1 aromatic carbocycles. The quantitative estimate of drug-likeness (QED) is 0.124. The number of ketones is 1. The third-order valence-electron chi connectivity index (χ3n) is 11.6. The summed E-state index contributed by atoms with van der Waals surface area (Å²) in [7, 11) is 1.75. The normalized spacial score (nSPS) is 21.6. The predicted molar refractivity (Wildman–Crippen MR) is 232 cm³/mol. The van der Waals surface area contributed by atoms with E-state index in [-0.39, 0.29) is 40.4 Å². The fraction of sp³-hybridized carbons (Fsp3) is 0.553. The van der Waals surface area contributed by atoms with Gasteiger partial charge in [0, 0.05) is 53.3 Å². The van der Waals surface area contributed by atoms with Crippen molar-refractivity contribution in [2.45, 2.75) is 112 Å². The maximum atomic E-state index is 17.4. The molecule has 0 bridgehead atoms. The number of allylic oxidation sites excluding steroid dienone is 7. The molecule has 57 heavy (non-hydrogen) atoms. The zero-order valence-corrected chi connectivity index (χ0v) is 36.8. The number of benzene rings is 1. The number of hydrogen-bond donors (Lipinski definition) is 0. The van der Waals surface area contributed by atoms with Crippen LogP contribution in [0.15, 0.2) is 71.5 Å². The molecule has 0 radical (unpaired) electrons. The summed E-state index contributed by atoms with van der Waals surface area (Å²) >= 11 is 1.27. The molecule has 0 spiro atoms. The van der Waals surface area contributed by atoms with E-state index in [1.54, 1.807) is 19.3 Å². The SMILES string of the molecule is C=C(/N=C1/C(F)=C(c2ccc(F)c3sc(C(C)C)c(C#N)c23)C=C/C1=C(/C)N(CC)C(CCC(C)C)C(C)C)OCC12CCCN1CC(COC)C2.C=CC(C)=O. The molecule has 1 aliphatic carbocycles. The summed E-state index contributed by atoms with van der Waals surface area (Å²) in [5.41, 5.74) is 2.77. The highest BCUT2D eigenvalue weighted by Gasteiger charge is 2.49. The molecule has 1 aromatic heterocycles. The van der Waals surface area contributed by atoms with E-state index in [2.05, 4.69) is 63.6 Å². The molecule has 0 N–H and O–H groups in total. The molecule has 3 unspecified atom stereocenters. The number of carbonyl (C=O) groups is 1. The molecule has 2 fully saturated rings. The highest BCUT2D eigenvalue weighted by atomic mass is 32.1. The number of rotatable bonds is 16. The van der Waals surface area contributed by atoms with E-state index < -0.39 is 11.6 Å². The van der Waals surface area contributed by atoms with Gasteiger partial charge >= 0.3 is 0 Å². The second-order valence-corrected chi connectivity index (χ2v) is 17.8. The van der Waals surface area contributed by atoms with Crippen molar-refractivity contribution < 1.29 is 23.0 Å². The fourth-order valence-corrected chi connectivity index (χ4v) is 9.89. The van der Waals surface area contributed by atoms with Crippen molar-refractivity contribution in [2.24, 2.45) is 22.7 Å². The van der Waals surface area contributed by atoms with Crippen LogP contribution in [0.4, 0.5) is 8.78 Å². The van der Waals surface area contributed by atoms with Gasteiger partial charge in [0.05, 0.1) is 22.4 Å². The van der Waals surface area contributed by atoms with E-state index in [4.69, 9.17) is 14.5 Å². The Balaban J connectivity index is 0.00000135. The summed E-state index contributed by atoms with van der Waals surface area (Å²) < 4.78 is 44.9. The Hall–Kier alpha value is -3.91. The minimum absolute atomic E-state index is 0.0133. The number of hydrogen-bond acceptors (Lipinski definition) is 8. The number of fused-ring (bicyclic) bond motifs is 2. The van der Waals surface area contributed by atoms with Gasteiger partial charge in [-0.1, -0.05) is 66.3 Å². The van der Waals surface area contributed by atoms with Crippen molar-refractivity contribution in [3.05, 3.63) is 88.3 Å². The van der Waals surface area contributed by atoms with E-state index in [9.17, 15) is 10.1 Å². The maximum Gasteiger partial charge on any atom is 0.206 e. The molecule has 0 saturated carbocycles. The van der Waals surface area contributed by atoms with Crippen LogP contribution < -0.4 is 0 Å². The van der Waals surface area contributed by atoms with Gasteiger partial charge in [-0.15, -0.1) is 11.3 Å². The Labute approximate surface area is 344 Å². The average molecular weight is 803 g/mol. The zero-order chi connectivity index (χ0) is 42.2. The van der Waals surface area contributed by atoms with Gasteiger partial charge in [0.25, 0.3) is 0 Å². The molecule has 0 amide bonds. The molecule has 3 heterocycles. The summed E-state index contributed by atoms with van der Waals surface area (Å²) in [5.74, 6) is 0.622. The summed E-state index contributed by atoms with van der Waals surface area (Å²) in [4.78, 5) is 20.2. The van der Waals surface area contributed by atoms with E-state index in [1.807, 2.05) is 26.8 Å². The number of methoxy groups -OCH3 is 1. The first-order valence-electron chi connectivity index (χ1n) is 20.5. The Morgan fingerprint density at radius 3 is 2.46 bits per heavy atom. The summed E-state index contributed by atoms with van der Waals surface area (Å²) in [6.45, 7) is 29.9. The second-order valence-electron chi connectivity index (χ2n) is 16.8. The van der Waals surface area contributed by atoms with E-state index in [1.165, 1.54) is 30.4 Å². The van der Waals surface area contributed by atoms with Crippen LogP contribution in [-0.4, -0.2) is 72.8 Å². The van der Waals surface area contributed by atoms with Crippen molar-refractivity contribution >= 4 is 38.5 Å². The Morgan fingerprint density at radius 1 is 1.18 bits per heavy atom. The van der Waals surface area contributed by atoms with Crippen molar-refractivity contribution in [3.63, 3.8) is 0 Å². The highest BCUT2D eigenvalue weighted by molar-refractivity contribution is 7.19. The number of aliphatic imine (C=N–C) groups is 1. The van der Waals surface area contributed by atoms with Gasteiger partial charge in [-0.3, -0.25) is 9.69 Å². The fourth-order valence-electron chi connectivity index (χ4n) is 8.70. The van der Waals surface area contributed by atoms with Crippen LogP contribution in [0.3, 0.4) is 0 Å². The van der Waals surface area contributed by atoms with Gasteiger partial charge in [0.2, 0.25) is 5.88 Å². The Bertz CT molecular complexity index is 1970. The smallest absolute Gasteiger partial charge is 0.206 e. The standard InChI is InChI=1S/C43H58F2N4O2S.C4H6O/c1-11-49(37(27(4)5)18-13-26(2)3)29(8)32-14-15-34(33-16-17-36(44)42-38(33)35(22-46)41(52-42)28(6)7)39(45)40(32)47-30(9)51-25-43-19-12-20-48(43)23-31(21-43)24-50-10;1-3-4(2)5/h14-17,26-28,31,37H,9,11-13,18-21,23-25H2,1-8,10H3;3H,1H2,2H3/b32-29+,47-40+;. The zero-order valence-electron chi connectivity index (χ0n) is 35.9. The number of halogens is 2. The molecule has 3 aliphatic rings. The number of thiophene rings is 1. The van der Waals surface area contributed by atoms with E-state index in [0.29, 0.717) is 51.1 Å². The first-order chi connectivity index (χ1) is 27.0. The molecule has 3 atom stereocenters. The van der Waals surface area contributed by atoms with Crippen LogP contribution in [0.1, 0.15) is 116 Å². The molecular weight excluding hydrogens is 739 g/mol. The van der Waals surface area contributed by atoms with Gasteiger partial charge in [0.15, 0.2) is 11.6 Å². The van der Waals surface area contributed by atoms with Crippen LogP contribution >= 0.6 is 11.3 Å². The Morgan fingerprint density at radius 2 is 1.88 bits per heavy atom. The first-order valence-corrected chi connectivity index (χ1v) is 21.3. The lowest BCUT2D eigenvalue weighted by molar-refractivity contribution is -0.112. The lowest BCUT2D eigenvalue weighted by Gasteiger charge is -2.38. The number of nitriles is 1. The van der Waals surface area contributed by atoms with Crippen molar-refractivity contribution in [3.8, 4) is 6.07 Å². The Kier molecular flexibility index (Phi) is 16.2. The predicted octanol–water partition coefficient (Wildman–Crippen LogP) is 11.5. The maximum absolute atomic E-state index is 17.4. The number of carbonyl (C=O) groups excluding carboxylic acids is 1. The lowest BCUT2D eigenvalue weighted by Crippen LogP contribution is -2.42. The summed E-state index contributed by atoms with van der Waals surface area (Å²) in [5, 5.41) is 10.7. The summed E-state index contributed by atoms with van der Waals surface area (Å²) in [6, 6.07) is 5.52. The number of ether oxygens (including phenoxy) is 2. The monoisotopic (exact) mass is 802 g/mol. The van der Waals surface area contributed by atoms with Crippen LogP contribution in [0.2, 0.25) is 0 Å².